The summed E-state index contributed by atoms with van der Waals surface area (Å²) in [5.41, 5.74) is 1.55. The van der Waals surface area contributed by atoms with Gasteiger partial charge in [0.2, 0.25) is 0 Å². The molecule has 0 heterocycles. The number of hydrogen-bond donors (Lipinski definition) is 2. The van der Waals surface area contributed by atoms with E-state index in [0.717, 1.165) is 12.8 Å². The van der Waals surface area contributed by atoms with Crippen molar-refractivity contribution in [3.05, 3.63) is 59.7 Å². The second kappa shape index (κ2) is 11.2. The molecule has 1 atom stereocenters. The Labute approximate surface area is 176 Å². The number of carbonyl (C=O) groups excluding carboxylic acids is 2. The third kappa shape index (κ3) is 7.19. The van der Waals surface area contributed by atoms with E-state index >= 15 is 0 Å². The van der Waals surface area contributed by atoms with Gasteiger partial charge in [-0.2, -0.15) is 0 Å². The van der Waals surface area contributed by atoms with Crippen LogP contribution in [-0.4, -0.2) is 29.7 Å². The average Bonchev–Trinajstić information content (AvgIpc) is 2.72. The summed E-state index contributed by atoms with van der Waals surface area (Å²) >= 11 is 5.21. The highest BCUT2D eigenvalue weighted by molar-refractivity contribution is 7.80. The highest BCUT2D eigenvalue weighted by atomic mass is 32.1. The fourth-order valence-electron chi connectivity index (χ4n) is 2.33. The molecule has 0 saturated carbocycles. The summed E-state index contributed by atoms with van der Waals surface area (Å²) in [5.74, 6) is -0.0675. The van der Waals surface area contributed by atoms with Crippen LogP contribution in [0.2, 0.25) is 0 Å². The molecule has 0 aliphatic heterocycles. The first-order valence-corrected chi connectivity index (χ1v) is 10.00. The minimum absolute atomic E-state index is 0.0679. The Balaban J connectivity index is 1.92. The van der Waals surface area contributed by atoms with Crippen LogP contribution >= 0.6 is 12.2 Å². The molecule has 2 aromatic rings. The molecule has 0 aromatic heterocycles. The molecule has 1 amide bonds. The lowest BCUT2D eigenvalue weighted by Crippen LogP contribution is -2.34. The quantitative estimate of drug-likeness (QED) is 0.487. The fraction of sp³-hybridized carbons (Fsp3) is 0.318. The van der Waals surface area contributed by atoms with Gasteiger partial charge in [-0.1, -0.05) is 19.9 Å². The van der Waals surface area contributed by atoms with Crippen LogP contribution in [0.4, 0.5) is 5.69 Å². The number of esters is 1. The number of rotatable bonds is 8. The molecular weight excluding hydrogens is 388 g/mol. The summed E-state index contributed by atoms with van der Waals surface area (Å²) in [6.45, 7) is 6.33. The number of amides is 1. The molecule has 6 nitrogen and oxygen atoms in total. The smallest absolute Gasteiger partial charge is 0.338 e. The van der Waals surface area contributed by atoms with Crippen molar-refractivity contribution in [1.82, 2.24) is 5.32 Å². The van der Waals surface area contributed by atoms with Crippen molar-refractivity contribution in [2.24, 2.45) is 0 Å². The van der Waals surface area contributed by atoms with E-state index in [9.17, 15) is 9.59 Å². The van der Waals surface area contributed by atoms with Gasteiger partial charge in [-0.25, -0.2) is 4.79 Å². The summed E-state index contributed by atoms with van der Waals surface area (Å²) in [7, 11) is 0. The molecule has 0 aliphatic rings. The molecule has 0 bridgehead atoms. The zero-order valence-electron chi connectivity index (χ0n) is 16.9. The van der Waals surface area contributed by atoms with Crippen LogP contribution in [0.5, 0.6) is 5.75 Å². The van der Waals surface area contributed by atoms with Crippen molar-refractivity contribution >= 4 is 34.9 Å². The largest absolute Gasteiger partial charge is 0.491 e. The Hall–Kier alpha value is -2.93. The second-order valence-corrected chi connectivity index (χ2v) is 6.89. The van der Waals surface area contributed by atoms with Crippen LogP contribution in [-0.2, 0) is 4.74 Å². The van der Waals surface area contributed by atoms with E-state index in [0.29, 0.717) is 29.2 Å². The van der Waals surface area contributed by atoms with Crippen molar-refractivity contribution in [3.63, 3.8) is 0 Å². The van der Waals surface area contributed by atoms with Gasteiger partial charge in [-0.15, -0.1) is 0 Å². The van der Waals surface area contributed by atoms with E-state index in [-0.39, 0.29) is 23.1 Å². The van der Waals surface area contributed by atoms with Gasteiger partial charge in [0.1, 0.15) is 5.75 Å². The van der Waals surface area contributed by atoms with Gasteiger partial charge < -0.3 is 14.8 Å². The number of carbonyl (C=O) groups is 2. The molecule has 7 heteroatoms. The molecule has 0 aliphatic carbocycles. The summed E-state index contributed by atoms with van der Waals surface area (Å²) in [4.78, 5) is 24.3. The van der Waals surface area contributed by atoms with Gasteiger partial charge in [0.25, 0.3) is 5.91 Å². The molecule has 154 valence electrons. The molecule has 2 N–H and O–H groups in total. The van der Waals surface area contributed by atoms with Crippen LogP contribution in [0.15, 0.2) is 48.5 Å². The van der Waals surface area contributed by atoms with E-state index in [4.69, 9.17) is 21.7 Å². The molecule has 0 radical (unpaired) electrons. The van der Waals surface area contributed by atoms with Crippen LogP contribution < -0.4 is 15.4 Å². The summed E-state index contributed by atoms with van der Waals surface area (Å²) in [6, 6.07) is 13.6. The van der Waals surface area contributed by atoms with Gasteiger partial charge in [0, 0.05) is 11.3 Å². The predicted octanol–water partition coefficient (Wildman–Crippen LogP) is 4.56. The first kappa shape index (κ1) is 22.4. The molecule has 0 spiro atoms. The number of ether oxygens (including phenoxy) is 2. The van der Waals surface area contributed by atoms with E-state index in [2.05, 4.69) is 10.6 Å². The van der Waals surface area contributed by atoms with Gasteiger partial charge in [0.15, 0.2) is 5.11 Å². The number of thiocarbonyl (C=S) groups is 1. The zero-order valence-corrected chi connectivity index (χ0v) is 17.7. The Morgan fingerprint density at radius 1 is 1.07 bits per heavy atom. The van der Waals surface area contributed by atoms with Gasteiger partial charge in [-0.3, -0.25) is 10.1 Å². The lowest BCUT2D eigenvalue weighted by molar-refractivity contribution is 0.0505. The first-order valence-electron chi connectivity index (χ1n) is 9.59. The molecule has 0 saturated heterocycles. The number of benzene rings is 2. The minimum atomic E-state index is -0.367. The van der Waals surface area contributed by atoms with Gasteiger partial charge in [-0.05, 0) is 74.4 Å². The summed E-state index contributed by atoms with van der Waals surface area (Å²) in [5, 5.41) is 5.72. The molecule has 2 rings (SSSR count). The van der Waals surface area contributed by atoms with Gasteiger partial charge >= 0.3 is 5.97 Å². The van der Waals surface area contributed by atoms with E-state index in [1.54, 1.807) is 42.5 Å². The SMILES string of the molecule is CCCOC(=O)c1ccc(NC(=S)NC(=O)c2cccc(OC(C)CC)c2)cc1. The van der Waals surface area contributed by atoms with Crippen LogP contribution in [0.1, 0.15) is 54.3 Å². The lowest BCUT2D eigenvalue weighted by atomic mass is 10.2. The minimum Gasteiger partial charge on any atom is -0.491 e. The average molecular weight is 415 g/mol. The first-order chi connectivity index (χ1) is 13.9. The third-order valence-electron chi connectivity index (χ3n) is 4.05. The Bertz CT molecular complexity index is 852. The van der Waals surface area contributed by atoms with Crippen molar-refractivity contribution in [2.45, 2.75) is 39.7 Å². The van der Waals surface area contributed by atoms with Crippen LogP contribution in [0.25, 0.3) is 0 Å². The Morgan fingerprint density at radius 3 is 2.45 bits per heavy atom. The molecule has 1 unspecified atom stereocenters. The van der Waals surface area contributed by atoms with E-state index in [1.807, 2.05) is 26.8 Å². The number of anilines is 1. The van der Waals surface area contributed by atoms with E-state index in [1.165, 1.54) is 0 Å². The predicted molar refractivity (Wildman–Crippen MR) is 118 cm³/mol. The normalized spacial score (nSPS) is 11.3. The highest BCUT2D eigenvalue weighted by Gasteiger charge is 2.11. The monoisotopic (exact) mass is 414 g/mol. The Morgan fingerprint density at radius 2 is 1.79 bits per heavy atom. The summed E-state index contributed by atoms with van der Waals surface area (Å²) < 4.78 is 10.8. The van der Waals surface area contributed by atoms with Gasteiger partial charge in [0.05, 0.1) is 18.3 Å². The number of hydrogen-bond acceptors (Lipinski definition) is 5. The van der Waals surface area contributed by atoms with Crippen molar-refractivity contribution in [1.29, 1.82) is 0 Å². The maximum absolute atomic E-state index is 12.4. The maximum atomic E-state index is 12.4. The van der Waals surface area contributed by atoms with Crippen molar-refractivity contribution in [2.75, 3.05) is 11.9 Å². The zero-order chi connectivity index (χ0) is 21.2. The third-order valence-corrected chi connectivity index (χ3v) is 4.26. The second-order valence-electron chi connectivity index (χ2n) is 6.49. The van der Waals surface area contributed by atoms with Crippen molar-refractivity contribution in [3.8, 4) is 5.75 Å². The summed E-state index contributed by atoms with van der Waals surface area (Å²) in [6.07, 6.45) is 1.71. The van der Waals surface area contributed by atoms with Crippen LogP contribution in [0.3, 0.4) is 0 Å². The topological polar surface area (TPSA) is 76.7 Å². The van der Waals surface area contributed by atoms with Crippen LogP contribution in [0, 0.1) is 0 Å². The maximum Gasteiger partial charge on any atom is 0.338 e. The molecule has 0 fully saturated rings. The fourth-order valence-corrected chi connectivity index (χ4v) is 2.54. The highest BCUT2D eigenvalue weighted by Crippen LogP contribution is 2.16. The van der Waals surface area contributed by atoms with Crippen molar-refractivity contribution < 1.29 is 19.1 Å². The van der Waals surface area contributed by atoms with E-state index < -0.39 is 0 Å². The lowest BCUT2D eigenvalue weighted by Gasteiger charge is -2.14. The molecule has 29 heavy (non-hydrogen) atoms. The Kier molecular flexibility index (Phi) is 8.61. The molecule has 2 aromatic carbocycles. The number of nitrogens with one attached hydrogen (secondary N) is 2. The molecular formula is C22H26N2O4S. The standard InChI is InChI=1S/C22H26N2O4S/c1-4-13-27-21(26)16-9-11-18(12-10-16)23-22(29)24-20(25)17-7-6-8-19(14-17)28-15(3)5-2/h6-12,14-15H,4-5,13H2,1-3H3,(H2,23,24,25,29).